The zero-order valence-corrected chi connectivity index (χ0v) is 25.9. The fourth-order valence-corrected chi connectivity index (χ4v) is 6.07. The zero-order valence-electron chi connectivity index (χ0n) is 25.0. The third-order valence-electron chi connectivity index (χ3n) is 7.34. The standard InChI is InChI=1S/C34H32N2O7S/c1-6-42-26-16-13-23(17-27(26)41-5)29-28(31(39)33(40)36(29)34-35-20(3)32(44-34)21(4)37)30(38)22-11-14-25(15-12-22)43-18-24-10-8-7-9-19(24)2/h7-17,29,38H,6,18H2,1-5H3/b30-28+. The molecule has 0 spiro atoms. The maximum absolute atomic E-state index is 13.6. The molecule has 4 aromatic rings. The van der Waals surface area contributed by atoms with Crippen LogP contribution in [0, 0.1) is 13.8 Å². The van der Waals surface area contributed by atoms with Crippen LogP contribution in [-0.4, -0.2) is 41.3 Å². The molecule has 0 bridgehead atoms. The minimum absolute atomic E-state index is 0.119. The Morgan fingerprint density at radius 2 is 1.73 bits per heavy atom. The number of benzene rings is 3. The highest BCUT2D eigenvalue weighted by molar-refractivity contribution is 7.18. The minimum atomic E-state index is -1.05. The van der Waals surface area contributed by atoms with Crippen molar-refractivity contribution >= 4 is 39.7 Å². The number of rotatable bonds is 10. The van der Waals surface area contributed by atoms with E-state index < -0.39 is 17.7 Å². The Kier molecular flexibility index (Phi) is 8.82. The molecule has 1 aliphatic rings. The Balaban J connectivity index is 1.58. The first-order valence-corrected chi connectivity index (χ1v) is 14.8. The van der Waals surface area contributed by atoms with E-state index in [1.807, 2.05) is 38.1 Å². The van der Waals surface area contributed by atoms with Gasteiger partial charge in [0.2, 0.25) is 0 Å². The molecular weight excluding hydrogens is 580 g/mol. The Morgan fingerprint density at radius 3 is 2.36 bits per heavy atom. The molecule has 1 fully saturated rings. The van der Waals surface area contributed by atoms with Crippen LogP contribution in [0.2, 0.25) is 0 Å². The number of carbonyl (C=O) groups is 3. The number of Topliss-reactive ketones (excluding diaryl/α,β-unsaturated/α-hetero) is 2. The summed E-state index contributed by atoms with van der Waals surface area (Å²) in [6.45, 7) is 7.73. The van der Waals surface area contributed by atoms with Crippen molar-refractivity contribution in [3.63, 3.8) is 0 Å². The average Bonchev–Trinajstić information content (AvgIpc) is 3.53. The number of methoxy groups -OCH3 is 1. The van der Waals surface area contributed by atoms with Crippen molar-refractivity contribution in [2.75, 3.05) is 18.6 Å². The molecular formula is C34H32N2O7S. The van der Waals surface area contributed by atoms with Gasteiger partial charge in [-0.15, -0.1) is 0 Å². The Bertz CT molecular complexity index is 1770. The van der Waals surface area contributed by atoms with E-state index >= 15 is 0 Å². The molecule has 2 heterocycles. The first-order chi connectivity index (χ1) is 21.1. The maximum Gasteiger partial charge on any atom is 0.301 e. The third-order valence-corrected chi connectivity index (χ3v) is 8.60. The Morgan fingerprint density at radius 1 is 1.00 bits per heavy atom. The van der Waals surface area contributed by atoms with Crippen molar-refractivity contribution < 1.29 is 33.7 Å². The molecule has 1 aromatic heterocycles. The molecule has 1 unspecified atom stereocenters. The molecule has 226 valence electrons. The highest BCUT2D eigenvalue weighted by atomic mass is 32.1. The highest BCUT2D eigenvalue weighted by Gasteiger charge is 2.48. The fourth-order valence-electron chi connectivity index (χ4n) is 5.08. The number of carbonyl (C=O) groups excluding carboxylic acids is 3. The van der Waals surface area contributed by atoms with Gasteiger partial charge in [-0.2, -0.15) is 0 Å². The molecule has 0 saturated carbocycles. The van der Waals surface area contributed by atoms with Crippen molar-refractivity contribution in [1.29, 1.82) is 0 Å². The van der Waals surface area contributed by atoms with E-state index in [0.717, 1.165) is 22.5 Å². The van der Waals surface area contributed by atoms with Crippen molar-refractivity contribution in [2.24, 2.45) is 0 Å². The van der Waals surface area contributed by atoms with Crippen LogP contribution in [0.15, 0.2) is 72.3 Å². The smallest absolute Gasteiger partial charge is 0.301 e. The second-order valence-corrected chi connectivity index (χ2v) is 11.2. The van der Waals surface area contributed by atoms with Gasteiger partial charge in [-0.1, -0.05) is 41.7 Å². The SMILES string of the molecule is CCOc1ccc(C2/C(=C(\O)c3ccc(OCc4ccccc4C)cc3)C(=O)C(=O)N2c2nc(C)c(C(C)=O)s2)cc1OC. The summed E-state index contributed by atoms with van der Waals surface area (Å²) in [4.78, 5) is 45.5. The van der Waals surface area contributed by atoms with Crippen molar-refractivity contribution in [3.05, 3.63) is 105 Å². The van der Waals surface area contributed by atoms with Gasteiger partial charge in [-0.25, -0.2) is 4.98 Å². The number of aliphatic hydroxyl groups is 1. The minimum Gasteiger partial charge on any atom is -0.507 e. The van der Waals surface area contributed by atoms with Crippen LogP contribution < -0.4 is 19.1 Å². The van der Waals surface area contributed by atoms with Gasteiger partial charge in [-0.3, -0.25) is 19.3 Å². The molecule has 10 heteroatoms. The van der Waals surface area contributed by atoms with Crippen molar-refractivity contribution in [1.82, 2.24) is 4.98 Å². The molecule has 1 amide bonds. The summed E-state index contributed by atoms with van der Waals surface area (Å²) < 4.78 is 17.1. The fraction of sp³-hybridized carbons (Fsp3) is 0.235. The van der Waals surface area contributed by atoms with Gasteiger partial charge >= 0.3 is 5.91 Å². The number of anilines is 1. The monoisotopic (exact) mass is 612 g/mol. The summed E-state index contributed by atoms with van der Waals surface area (Å²) in [6, 6.07) is 18.6. The molecule has 0 aliphatic carbocycles. The number of ketones is 2. The number of aliphatic hydroxyl groups excluding tert-OH is 1. The summed E-state index contributed by atoms with van der Waals surface area (Å²) in [6.07, 6.45) is 0. The van der Waals surface area contributed by atoms with Gasteiger partial charge in [0.1, 0.15) is 18.1 Å². The molecule has 44 heavy (non-hydrogen) atoms. The van der Waals surface area contributed by atoms with Gasteiger partial charge in [0.25, 0.3) is 5.78 Å². The molecule has 5 rings (SSSR count). The summed E-state index contributed by atoms with van der Waals surface area (Å²) in [5, 5.41) is 11.7. The first kappa shape index (κ1) is 30.5. The number of aromatic nitrogens is 1. The van der Waals surface area contributed by atoms with E-state index in [9.17, 15) is 19.5 Å². The molecule has 9 nitrogen and oxygen atoms in total. The largest absolute Gasteiger partial charge is 0.507 e. The predicted molar refractivity (Wildman–Crippen MR) is 168 cm³/mol. The Labute approximate surface area is 259 Å². The van der Waals surface area contributed by atoms with E-state index in [2.05, 4.69) is 4.98 Å². The van der Waals surface area contributed by atoms with Crippen LogP contribution in [0.3, 0.4) is 0 Å². The molecule has 1 N–H and O–H groups in total. The van der Waals surface area contributed by atoms with Crippen LogP contribution in [0.4, 0.5) is 5.13 Å². The van der Waals surface area contributed by atoms with Crippen LogP contribution in [-0.2, 0) is 16.2 Å². The lowest BCUT2D eigenvalue weighted by atomic mass is 9.95. The van der Waals surface area contributed by atoms with Crippen LogP contribution in [0.5, 0.6) is 17.2 Å². The van der Waals surface area contributed by atoms with E-state index in [-0.39, 0.29) is 22.2 Å². The molecule has 3 aromatic carbocycles. The lowest BCUT2D eigenvalue weighted by Gasteiger charge is -2.24. The van der Waals surface area contributed by atoms with E-state index in [1.165, 1.54) is 18.9 Å². The zero-order chi connectivity index (χ0) is 31.5. The third kappa shape index (κ3) is 5.80. The second-order valence-electron chi connectivity index (χ2n) is 10.2. The number of amides is 1. The van der Waals surface area contributed by atoms with E-state index in [1.54, 1.807) is 49.4 Å². The normalized spacial score (nSPS) is 15.8. The molecule has 1 aliphatic heterocycles. The quantitative estimate of drug-likeness (QED) is 0.0925. The number of hydrogen-bond donors (Lipinski definition) is 1. The van der Waals surface area contributed by atoms with Gasteiger partial charge in [0, 0.05) is 12.5 Å². The summed E-state index contributed by atoms with van der Waals surface area (Å²) in [7, 11) is 1.49. The van der Waals surface area contributed by atoms with Crippen molar-refractivity contribution in [2.45, 2.75) is 40.3 Å². The van der Waals surface area contributed by atoms with Gasteiger partial charge in [0.05, 0.1) is 35.9 Å². The summed E-state index contributed by atoms with van der Waals surface area (Å²) >= 11 is 1.02. The number of thiazole rings is 1. The van der Waals surface area contributed by atoms with Crippen LogP contribution in [0.25, 0.3) is 5.76 Å². The number of hydrogen-bond acceptors (Lipinski definition) is 9. The topological polar surface area (TPSA) is 115 Å². The van der Waals surface area contributed by atoms with Crippen molar-refractivity contribution in [3.8, 4) is 17.2 Å². The number of ether oxygens (including phenoxy) is 3. The number of nitrogens with zero attached hydrogens (tertiary/aromatic N) is 2. The highest BCUT2D eigenvalue weighted by Crippen LogP contribution is 2.45. The van der Waals surface area contributed by atoms with Crippen LogP contribution >= 0.6 is 11.3 Å². The first-order valence-electron chi connectivity index (χ1n) is 14.0. The van der Waals surface area contributed by atoms with Gasteiger partial charge in [-0.05, 0) is 73.9 Å². The second kappa shape index (κ2) is 12.7. The molecule has 1 saturated heterocycles. The molecule has 0 radical (unpaired) electrons. The van der Waals surface area contributed by atoms with Gasteiger partial charge < -0.3 is 19.3 Å². The summed E-state index contributed by atoms with van der Waals surface area (Å²) in [5.74, 6) is -0.844. The summed E-state index contributed by atoms with van der Waals surface area (Å²) in [5.41, 5.74) is 3.31. The predicted octanol–water partition coefficient (Wildman–Crippen LogP) is 6.58. The lowest BCUT2D eigenvalue weighted by molar-refractivity contribution is -0.132. The number of aryl methyl sites for hydroxylation is 2. The maximum atomic E-state index is 13.6. The molecule has 1 atom stereocenters. The lowest BCUT2D eigenvalue weighted by Crippen LogP contribution is -2.29. The van der Waals surface area contributed by atoms with Crippen LogP contribution in [0.1, 0.15) is 57.5 Å². The van der Waals surface area contributed by atoms with Gasteiger partial charge in [0.15, 0.2) is 22.4 Å². The average molecular weight is 613 g/mol. The Hall–Kier alpha value is -4.96. The van der Waals surface area contributed by atoms with E-state index in [0.29, 0.717) is 52.2 Å². The van der Waals surface area contributed by atoms with E-state index in [4.69, 9.17) is 14.2 Å².